The van der Waals surface area contributed by atoms with Crippen LogP contribution in [0.3, 0.4) is 0 Å². The number of hydrogen-bond donors (Lipinski definition) is 2. The van der Waals surface area contributed by atoms with E-state index in [2.05, 4.69) is 48.5 Å². The summed E-state index contributed by atoms with van der Waals surface area (Å²) in [6.07, 6.45) is 1.85. The van der Waals surface area contributed by atoms with Crippen molar-refractivity contribution in [3.63, 3.8) is 0 Å². The lowest BCUT2D eigenvalue weighted by molar-refractivity contribution is -0.138. The van der Waals surface area contributed by atoms with Gasteiger partial charge in [0.05, 0.1) is 6.54 Å². The first-order valence-corrected chi connectivity index (χ1v) is 8.94. The fraction of sp³-hybridized carbons (Fsp3) is 0.273. The number of rotatable bonds is 4. The highest BCUT2D eigenvalue weighted by Gasteiger charge is 2.20. The molecule has 0 bridgehead atoms. The summed E-state index contributed by atoms with van der Waals surface area (Å²) in [4.78, 5) is 21.9. The van der Waals surface area contributed by atoms with Crippen molar-refractivity contribution >= 4 is 17.5 Å². The number of hydrogen-bond acceptors (Lipinski definition) is 3. The van der Waals surface area contributed by atoms with E-state index >= 15 is 0 Å². The molecule has 3 rings (SSSR count). The number of aliphatic carboxylic acids is 2. The van der Waals surface area contributed by atoms with Crippen molar-refractivity contribution in [1.82, 2.24) is 4.90 Å². The third-order valence-corrected chi connectivity index (χ3v) is 4.30. The summed E-state index contributed by atoms with van der Waals surface area (Å²) in [5.74, 6) is -1.58. The second-order valence-electron chi connectivity index (χ2n) is 6.40. The molecule has 0 aliphatic carbocycles. The van der Waals surface area contributed by atoms with Crippen molar-refractivity contribution in [3.8, 4) is 0 Å². The van der Waals surface area contributed by atoms with Gasteiger partial charge in [0, 0.05) is 20.0 Å². The summed E-state index contributed by atoms with van der Waals surface area (Å²) in [7, 11) is 0. The molecule has 0 atom stereocenters. The zero-order valence-corrected chi connectivity index (χ0v) is 15.5. The smallest absolute Gasteiger partial charge is 0.317 e. The van der Waals surface area contributed by atoms with E-state index in [1.54, 1.807) is 0 Å². The van der Waals surface area contributed by atoms with Gasteiger partial charge < -0.3 is 10.2 Å². The number of carbonyl (C=O) groups is 2. The predicted molar refractivity (Wildman–Crippen MR) is 106 cm³/mol. The minimum absolute atomic E-state index is 0.138. The van der Waals surface area contributed by atoms with Gasteiger partial charge >= 0.3 is 5.97 Å². The minimum atomic E-state index is -0.833. The van der Waals surface area contributed by atoms with Gasteiger partial charge in [0.2, 0.25) is 0 Å². The van der Waals surface area contributed by atoms with Gasteiger partial charge in [-0.15, -0.1) is 0 Å². The molecule has 142 valence electrons. The molecule has 2 aromatic rings. The molecule has 5 heteroatoms. The van der Waals surface area contributed by atoms with E-state index in [0.717, 1.165) is 32.9 Å². The molecule has 0 saturated carbocycles. The van der Waals surface area contributed by atoms with Crippen molar-refractivity contribution in [1.29, 1.82) is 0 Å². The molecule has 1 heterocycles. The Morgan fingerprint density at radius 1 is 0.852 bits per heavy atom. The molecule has 2 aromatic carbocycles. The number of carboxylic acids is 2. The summed E-state index contributed by atoms with van der Waals surface area (Å²) in [5, 5.41) is 16.4. The second kappa shape index (κ2) is 10.3. The minimum Gasteiger partial charge on any atom is -0.481 e. The zero-order valence-electron chi connectivity index (χ0n) is 15.5. The maximum absolute atomic E-state index is 10.9. The van der Waals surface area contributed by atoms with Gasteiger partial charge in [-0.3, -0.25) is 14.5 Å². The van der Waals surface area contributed by atoms with Crippen LogP contribution in [0.4, 0.5) is 0 Å². The molecule has 2 N–H and O–H groups in total. The van der Waals surface area contributed by atoms with Crippen molar-refractivity contribution in [3.05, 3.63) is 77.4 Å². The summed E-state index contributed by atoms with van der Waals surface area (Å²) < 4.78 is 0. The predicted octanol–water partition coefficient (Wildman–Crippen LogP) is 3.76. The van der Waals surface area contributed by atoms with Gasteiger partial charge in [-0.2, -0.15) is 0 Å². The van der Waals surface area contributed by atoms with Gasteiger partial charge in [0.15, 0.2) is 0 Å². The first-order valence-electron chi connectivity index (χ1n) is 8.94. The molecule has 27 heavy (non-hydrogen) atoms. The van der Waals surface area contributed by atoms with E-state index in [4.69, 9.17) is 15.0 Å². The molecule has 0 aromatic heterocycles. The molecule has 0 amide bonds. The van der Waals surface area contributed by atoms with Crippen LogP contribution in [0.5, 0.6) is 0 Å². The van der Waals surface area contributed by atoms with Crippen LogP contribution in [0.15, 0.2) is 66.2 Å². The Balaban J connectivity index is 0.000000596. The van der Waals surface area contributed by atoms with E-state index < -0.39 is 11.9 Å². The van der Waals surface area contributed by atoms with Crippen molar-refractivity contribution in [2.75, 3.05) is 19.6 Å². The number of nitrogens with zero attached hydrogens (tertiary/aromatic N) is 1. The molecule has 1 saturated heterocycles. The molecule has 5 nitrogen and oxygen atoms in total. The van der Waals surface area contributed by atoms with E-state index in [-0.39, 0.29) is 6.54 Å². The van der Waals surface area contributed by atoms with Crippen LogP contribution < -0.4 is 0 Å². The van der Waals surface area contributed by atoms with Crippen LogP contribution in [-0.2, 0) is 9.59 Å². The lowest BCUT2D eigenvalue weighted by atomic mass is 9.88. The van der Waals surface area contributed by atoms with E-state index in [1.165, 1.54) is 22.3 Å². The average molecular weight is 367 g/mol. The number of carboxylic acid groups (broad SMARTS) is 2. The highest BCUT2D eigenvalue weighted by molar-refractivity contribution is 5.82. The van der Waals surface area contributed by atoms with Gasteiger partial charge in [-0.25, -0.2) is 0 Å². The molecule has 0 spiro atoms. The highest BCUT2D eigenvalue weighted by atomic mass is 16.4. The fourth-order valence-electron chi connectivity index (χ4n) is 3.21. The number of piperidine rings is 1. The summed E-state index contributed by atoms with van der Waals surface area (Å²) in [6, 6.07) is 20.9. The Morgan fingerprint density at radius 2 is 1.26 bits per heavy atom. The normalized spacial score (nSPS) is 14.0. The van der Waals surface area contributed by atoms with Crippen LogP contribution in [0, 0.1) is 0 Å². The SMILES string of the molecule is CC(=O)O.O=C(O)CN1CCC(=C(c2ccccc2)c2ccccc2)CC1. The van der Waals surface area contributed by atoms with Gasteiger partial charge in [0.1, 0.15) is 0 Å². The second-order valence-corrected chi connectivity index (χ2v) is 6.40. The Morgan fingerprint density at radius 3 is 1.63 bits per heavy atom. The number of benzene rings is 2. The summed E-state index contributed by atoms with van der Waals surface area (Å²) in [5.41, 5.74) is 5.20. The van der Waals surface area contributed by atoms with E-state index in [0.29, 0.717) is 0 Å². The Hall–Kier alpha value is -2.92. The third-order valence-electron chi connectivity index (χ3n) is 4.30. The van der Waals surface area contributed by atoms with Crippen molar-refractivity contribution in [2.24, 2.45) is 0 Å². The molecule has 0 unspecified atom stereocenters. The summed E-state index contributed by atoms with van der Waals surface area (Å²) >= 11 is 0. The quantitative estimate of drug-likeness (QED) is 0.860. The summed E-state index contributed by atoms with van der Waals surface area (Å²) in [6.45, 7) is 2.84. The standard InChI is InChI=1S/C20H21NO2.C2H4O2/c22-19(23)15-21-13-11-18(12-14-21)20(16-7-3-1-4-8-16)17-9-5-2-6-10-17;1-2(3)4/h1-10H,11-15H2,(H,22,23);1H3,(H,3,4). The molecule has 1 fully saturated rings. The van der Waals surface area contributed by atoms with E-state index in [9.17, 15) is 4.79 Å². The molecule has 0 radical (unpaired) electrons. The van der Waals surface area contributed by atoms with Crippen molar-refractivity contribution in [2.45, 2.75) is 19.8 Å². The van der Waals surface area contributed by atoms with Gasteiger partial charge in [-0.05, 0) is 29.5 Å². The largest absolute Gasteiger partial charge is 0.481 e. The van der Waals surface area contributed by atoms with Gasteiger partial charge in [0.25, 0.3) is 5.97 Å². The van der Waals surface area contributed by atoms with E-state index in [1.807, 2.05) is 17.0 Å². The fourth-order valence-corrected chi connectivity index (χ4v) is 3.21. The molecular weight excluding hydrogens is 342 g/mol. The average Bonchev–Trinajstić information content (AvgIpc) is 2.64. The lowest BCUT2D eigenvalue weighted by Gasteiger charge is -2.29. The maximum atomic E-state index is 10.9. The van der Waals surface area contributed by atoms with Crippen molar-refractivity contribution < 1.29 is 19.8 Å². The number of likely N-dealkylation sites (tertiary alicyclic amines) is 1. The Kier molecular flexibility index (Phi) is 7.77. The monoisotopic (exact) mass is 367 g/mol. The first kappa shape index (κ1) is 20.4. The van der Waals surface area contributed by atoms with Crippen LogP contribution >= 0.6 is 0 Å². The highest BCUT2D eigenvalue weighted by Crippen LogP contribution is 2.32. The molecule has 1 aliphatic heterocycles. The van der Waals surface area contributed by atoms with Gasteiger partial charge in [-0.1, -0.05) is 66.2 Å². The topological polar surface area (TPSA) is 77.8 Å². The first-order chi connectivity index (χ1) is 13.0. The third kappa shape index (κ3) is 6.72. The molecular formula is C22H25NO4. The Bertz CT molecular complexity index is 729. The Labute approximate surface area is 159 Å². The zero-order chi connectivity index (χ0) is 19.6. The van der Waals surface area contributed by atoms with Crippen LogP contribution in [0.1, 0.15) is 30.9 Å². The lowest BCUT2D eigenvalue weighted by Crippen LogP contribution is -2.35. The van der Waals surface area contributed by atoms with Crippen LogP contribution in [0.25, 0.3) is 5.57 Å². The molecule has 1 aliphatic rings. The maximum Gasteiger partial charge on any atom is 0.317 e. The van der Waals surface area contributed by atoms with Crippen LogP contribution in [0.2, 0.25) is 0 Å². The van der Waals surface area contributed by atoms with Crippen LogP contribution in [-0.4, -0.2) is 46.7 Å².